The van der Waals surface area contributed by atoms with Crippen LogP contribution in [-0.4, -0.2) is 23.2 Å². The van der Waals surface area contributed by atoms with Crippen LogP contribution in [0.1, 0.15) is 17.0 Å². The Morgan fingerprint density at radius 2 is 2.05 bits per heavy atom. The van der Waals surface area contributed by atoms with Crippen LogP contribution in [-0.2, 0) is 23.6 Å². The molecule has 0 radical (unpaired) electrons. The first-order valence-electron chi connectivity index (χ1n) is 5.99. The molecule has 2 N–H and O–H groups in total. The molecule has 0 aromatic carbocycles. The fourth-order valence-corrected chi connectivity index (χ4v) is 2.85. The van der Waals surface area contributed by atoms with Crippen molar-refractivity contribution in [3.05, 3.63) is 45.6 Å². The molecule has 20 heavy (non-hydrogen) atoms. The van der Waals surface area contributed by atoms with Crippen LogP contribution in [0.15, 0.2) is 28.0 Å². The summed E-state index contributed by atoms with van der Waals surface area (Å²) in [5, 5.41) is 4.23. The number of nitrogens with zero attached hydrogens (tertiary/aromatic N) is 2. The number of H-pyrrole nitrogens is 1. The topological polar surface area (TPSA) is 96.8 Å². The summed E-state index contributed by atoms with van der Waals surface area (Å²) in [7, 11) is -1.85. The van der Waals surface area contributed by atoms with Gasteiger partial charge in [-0.2, -0.15) is 5.10 Å². The van der Waals surface area contributed by atoms with Gasteiger partial charge in [-0.15, -0.1) is 0 Å². The van der Waals surface area contributed by atoms with Crippen LogP contribution >= 0.6 is 0 Å². The van der Waals surface area contributed by atoms with E-state index in [1.165, 1.54) is 18.3 Å². The van der Waals surface area contributed by atoms with E-state index in [4.69, 9.17) is 0 Å². The second-order valence-corrected chi connectivity index (χ2v) is 6.25. The molecule has 0 atom stereocenters. The highest BCUT2D eigenvalue weighted by atomic mass is 32.2. The third-order valence-corrected chi connectivity index (χ3v) is 4.56. The molecule has 108 valence electrons. The number of nitrogens with one attached hydrogen (secondary N) is 2. The minimum Gasteiger partial charge on any atom is -0.328 e. The molecule has 2 rings (SSSR count). The molecule has 0 saturated heterocycles. The Balaban J connectivity index is 2.21. The first kappa shape index (κ1) is 14.5. The van der Waals surface area contributed by atoms with Gasteiger partial charge in [0, 0.05) is 37.1 Å². The lowest BCUT2D eigenvalue weighted by Crippen LogP contribution is -2.24. The van der Waals surface area contributed by atoms with Crippen LogP contribution in [0.25, 0.3) is 0 Å². The first-order chi connectivity index (χ1) is 9.31. The first-order valence-corrected chi connectivity index (χ1v) is 7.47. The van der Waals surface area contributed by atoms with Gasteiger partial charge in [-0.05, 0) is 19.9 Å². The van der Waals surface area contributed by atoms with Crippen molar-refractivity contribution in [1.82, 2.24) is 19.5 Å². The number of rotatable bonds is 4. The lowest BCUT2D eigenvalue weighted by molar-refractivity contribution is 0.580. The summed E-state index contributed by atoms with van der Waals surface area (Å²) in [6, 6.07) is 2.44. The molecule has 0 bridgehead atoms. The average Bonchev–Trinajstić information content (AvgIpc) is 2.62. The van der Waals surface area contributed by atoms with Crippen molar-refractivity contribution in [2.45, 2.75) is 25.3 Å². The highest BCUT2D eigenvalue weighted by Crippen LogP contribution is 2.13. The van der Waals surface area contributed by atoms with Crippen molar-refractivity contribution in [3.63, 3.8) is 0 Å². The normalized spacial score (nSPS) is 11.8. The SMILES string of the molecule is Cc1nn(C)c(C)c1CNS(=O)(=O)c1ccc(=O)[nH]c1. The molecule has 0 saturated carbocycles. The van der Waals surface area contributed by atoms with Crippen molar-refractivity contribution in [3.8, 4) is 0 Å². The third-order valence-electron chi connectivity index (χ3n) is 3.16. The minimum absolute atomic E-state index is 0.0243. The van der Waals surface area contributed by atoms with E-state index in [9.17, 15) is 13.2 Å². The average molecular weight is 296 g/mol. The molecule has 2 aromatic rings. The predicted molar refractivity (Wildman–Crippen MR) is 73.8 cm³/mol. The molecular formula is C12H16N4O3S. The monoisotopic (exact) mass is 296 g/mol. The van der Waals surface area contributed by atoms with Gasteiger partial charge in [0.1, 0.15) is 0 Å². The summed E-state index contributed by atoms with van der Waals surface area (Å²) in [6.07, 6.45) is 1.17. The van der Waals surface area contributed by atoms with Crippen LogP contribution in [0.4, 0.5) is 0 Å². The van der Waals surface area contributed by atoms with Gasteiger partial charge in [0.25, 0.3) is 0 Å². The van der Waals surface area contributed by atoms with Gasteiger partial charge in [0.2, 0.25) is 15.6 Å². The third kappa shape index (κ3) is 2.81. The van der Waals surface area contributed by atoms with Gasteiger partial charge in [-0.1, -0.05) is 0 Å². The summed E-state index contributed by atoms with van der Waals surface area (Å²) in [5.41, 5.74) is 2.20. The van der Waals surface area contributed by atoms with Crippen LogP contribution in [0.3, 0.4) is 0 Å². The maximum Gasteiger partial charge on any atom is 0.247 e. The molecular weight excluding hydrogens is 280 g/mol. The quantitative estimate of drug-likeness (QED) is 0.842. The summed E-state index contributed by atoms with van der Waals surface area (Å²) < 4.78 is 28.4. The second-order valence-electron chi connectivity index (χ2n) is 4.49. The molecule has 0 amide bonds. The van der Waals surface area contributed by atoms with Crippen molar-refractivity contribution < 1.29 is 8.42 Å². The van der Waals surface area contributed by atoms with E-state index >= 15 is 0 Å². The van der Waals surface area contributed by atoms with Crippen molar-refractivity contribution in [2.24, 2.45) is 7.05 Å². The van der Waals surface area contributed by atoms with Gasteiger partial charge in [-0.3, -0.25) is 9.48 Å². The maximum atomic E-state index is 12.1. The molecule has 0 fully saturated rings. The van der Waals surface area contributed by atoms with Gasteiger partial charge in [-0.25, -0.2) is 13.1 Å². The zero-order chi connectivity index (χ0) is 14.9. The maximum absolute atomic E-state index is 12.1. The van der Waals surface area contributed by atoms with Gasteiger partial charge < -0.3 is 4.98 Å². The molecule has 2 heterocycles. The van der Waals surface area contributed by atoms with E-state index in [1.54, 1.807) is 4.68 Å². The molecule has 0 unspecified atom stereocenters. The fourth-order valence-electron chi connectivity index (χ4n) is 1.89. The van der Waals surface area contributed by atoms with Gasteiger partial charge >= 0.3 is 0 Å². The molecule has 0 spiro atoms. The number of aryl methyl sites for hydroxylation is 2. The lowest BCUT2D eigenvalue weighted by Gasteiger charge is -2.07. The van der Waals surface area contributed by atoms with E-state index in [0.717, 1.165) is 17.0 Å². The molecule has 0 aliphatic heterocycles. The number of hydrogen-bond donors (Lipinski definition) is 2. The number of aromatic nitrogens is 3. The molecule has 0 aliphatic carbocycles. The Hall–Kier alpha value is -1.93. The van der Waals surface area contributed by atoms with Crippen molar-refractivity contribution in [2.75, 3.05) is 0 Å². The number of sulfonamides is 1. The van der Waals surface area contributed by atoms with E-state index in [-0.39, 0.29) is 17.0 Å². The minimum atomic E-state index is -3.66. The Kier molecular flexibility index (Phi) is 3.78. The van der Waals surface area contributed by atoms with Gasteiger partial charge in [0.05, 0.1) is 10.6 Å². The van der Waals surface area contributed by atoms with E-state index < -0.39 is 10.0 Å². The number of aromatic amines is 1. The molecule has 7 nitrogen and oxygen atoms in total. The van der Waals surface area contributed by atoms with Crippen LogP contribution < -0.4 is 10.3 Å². The highest BCUT2D eigenvalue weighted by molar-refractivity contribution is 7.89. The summed E-state index contributed by atoms with van der Waals surface area (Å²) in [5.74, 6) is 0. The fraction of sp³-hybridized carbons (Fsp3) is 0.333. The Morgan fingerprint density at radius 1 is 1.35 bits per heavy atom. The summed E-state index contributed by atoms with van der Waals surface area (Å²) in [4.78, 5) is 13.3. The number of hydrogen-bond acceptors (Lipinski definition) is 4. The lowest BCUT2D eigenvalue weighted by atomic mass is 10.2. The zero-order valence-electron chi connectivity index (χ0n) is 11.5. The predicted octanol–water partition coefficient (Wildman–Crippen LogP) is 0.204. The van der Waals surface area contributed by atoms with Gasteiger partial charge in [0.15, 0.2) is 0 Å². The summed E-state index contributed by atoms with van der Waals surface area (Å²) >= 11 is 0. The van der Waals surface area contributed by atoms with Crippen LogP contribution in [0.2, 0.25) is 0 Å². The molecule has 0 aliphatic rings. The molecule has 2 aromatic heterocycles. The Morgan fingerprint density at radius 3 is 2.55 bits per heavy atom. The Bertz CT molecular complexity index is 769. The molecule has 8 heteroatoms. The van der Waals surface area contributed by atoms with Crippen molar-refractivity contribution >= 4 is 10.0 Å². The van der Waals surface area contributed by atoms with E-state index in [0.29, 0.717) is 0 Å². The highest BCUT2D eigenvalue weighted by Gasteiger charge is 2.16. The van der Waals surface area contributed by atoms with Crippen molar-refractivity contribution in [1.29, 1.82) is 0 Å². The second kappa shape index (κ2) is 5.22. The smallest absolute Gasteiger partial charge is 0.247 e. The summed E-state index contributed by atoms with van der Waals surface area (Å²) in [6.45, 7) is 3.87. The van der Waals surface area contributed by atoms with Crippen LogP contribution in [0, 0.1) is 13.8 Å². The number of pyridine rings is 1. The van der Waals surface area contributed by atoms with E-state index in [1.807, 2.05) is 20.9 Å². The van der Waals surface area contributed by atoms with E-state index in [2.05, 4.69) is 14.8 Å². The van der Waals surface area contributed by atoms with Crippen LogP contribution in [0.5, 0.6) is 0 Å². The zero-order valence-corrected chi connectivity index (χ0v) is 12.3. The standard InChI is InChI=1S/C12H16N4O3S/c1-8-11(9(2)16(3)15-8)7-14-20(18,19)10-4-5-12(17)13-6-10/h4-6,14H,7H2,1-3H3,(H,13,17). The largest absolute Gasteiger partial charge is 0.328 e. The Labute approximate surface area is 116 Å².